The van der Waals surface area contributed by atoms with Crippen LogP contribution in [0.3, 0.4) is 0 Å². The third-order valence-corrected chi connectivity index (χ3v) is 6.12. The molecule has 7 nitrogen and oxygen atoms in total. The number of benzene rings is 2. The van der Waals surface area contributed by atoms with Crippen molar-refractivity contribution in [2.45, 2.75) is 25.1 Å². The van der Waals surface area contributed by atoms with Gasteiger partial charge in [0.2, 0.25) is 11.8 Å². The van der Waals surface area contributed by atoms with Crippen molar-refractivity contribution in [2.75, 3.05) is 19.6 Å². The Balaban J connectivity index is 1.44. The zero-order valence-corrected chi connectivity index (χ0v) is 19.7. The van der Waals surface area contributed by atoms with E-state index in [4.69, 9.17) is 28.0 Å². The summed E-state index contributed by atoms with van der Waals surface area (Å²) in [5.74, 6) is -2.81. The van der Waals surface area contributed by atoms with Crippen molar-refractivity contribution in [1.82, 2.24) is 9.80 Å². The van der Waals surface area contributed by atoms with Crippen LogP contribution >= 0.6 is 23.2 Å². The van der Waals surface area contributed by atoms with Crippen LogP contribution in [0.15, 0.2) is 47.6 Å². The Morgan fingerprint density at radius 1 is 1.06 bits per heavy atom. The molecule has 0 spiro atoms. The fourth-order valence-corrected chi connectivity index (χ4v) is 4.41. The fraction of sp³-hybridized carbons (Fsp3) is 0.304. The maximum absolute atomic E-state index is 12.8. The molecule has 2 aromatic rings. The van der Waals surface area contributed by atoms with Crippen LogP contribution in [0, 0.1) is 0 Å². The lowest BCUT2D eigenvalue weighted by Gasteiger charge is -2.33. The van der Waals surface area contributed by atoms with E-state index in [1.54, 1.807) is 30.3 Å². The molecule has 1 unspecified atom stereocenters. The third kappa shape index (κ3) is 5.43. The van der Waals surface area contributed by atoms with Crippen molar-refractivity contribution >= 4 is 46.6 Å². The maximum Gasteiger partial charge on any atom is 0.406 e. The molecule has 0 saturated carbocycles. The molecule has 0 aliphatic carbocycles. The fourth-order valence-electron chi connectivity index (χ4n) is 3.89. The number of carbonyl (C=O) groups is 3. The summed E-state index contributed by atoms with van der Waals surface area (Å²) in [6.07, 6.45) is -4.31. The average Bonchev–Trinajstić information content (AvgIpc) is 3.18. The summed E-state index contributed by atoms with van der Waals surface area (Å²) in [6, 6.07) is 11.3. The molecule has 2 aliphatic heterocycles. The van der Waals surface area contributed by atoms with Gasteiger partial charge in [0.25, 0.3) is 5.91 Å². The Kier molecular flexibility index (Phi) is 6.54. The Hall–Kier alpha value is -3.11. The predicted octanol–water partition coefficient (Wildman–Crippen LogP) is 4.41. The number of piperazine rings is 1. The number of amides is 3. The van der Waals surface area contributed by atoms with E-state index in [2.05, 4.69) is 5.16 Å². The van der Waals surface area contributed by atoms with Crippen LogP contribution in [0.25, 0.3) is 0 Å². The summed E-state index contributed by atoms with van der Waals surface area (Å²) < 4.78 is 37.8. The topological polar surface area (TPSA) is 79.3 Å². The average molecular weight is 528 g/mol. The van der Waals surface area contributed by atoms with Gasteiger partial charge in [0.05, 0.1) is 5.71 Å². The number of halogens is 5. The minimum absolute atomic E-state index is 0.120. The molecule has 2 aromatic carbocycles. The molecule has 0 N–H and O–H groups in total. The van der Waals surface area contributed by atoms with Crippen molar-refractivity contribution in [1.29, 1.82) is 0 Å². The molecular weight excluding hydrogens is 510 g/mol. The van der Waals surface area contributed by atoms with Crippen LogP contribution < -0.4 is 0 Å². The minimum Gasteiger partial charge on any atom is -0.384 e. The normalized spacial score (nSPS) is 20.7. The first-order valence-corrected chi connectivity index (χ1v) is 11.1. The number of oxime groups is 1. The van der Waals surface area contributed by atoms with Crippen LogP contribution in [-0.2, 0) is 20.0 Å². The van der Waals surface area contributed by atoms with Crippen molar-refractivity contribution < 1.29 is 32.4 Å². The van der Waals surface area contributed by atoms with Gasteiger partial charge in [-0.1, -0.05) is 40.5 Å². The highest BCUT2D eigenvalue weighted by molar-refractivity contribution is 6.34. The van der Waals surface area contributed by atoms with E-state index in [0.717, 1.165) is 10.5 Å². The quantitative estimate of drug-likeness (QED) is 0.551. The molecule has 0 aromatic heterocycles. The van der Waals surface area contributed by atoms with Gasteiger partial charge in [-0.15, -0.1) is 0 Å². The summed E-state index contributed by atoms with van der Waals surface area (Å²) >= 11 is 12.2. The van der Waals surface area contributed by atoms with Crippen LogP contribution in [-0.4, -0.2) is 59.0 Å². The smallest absolute Gasteiger partial charge is 0.384 e. The largest absolute Gasteiger partial charge is 0.406 e. The van der Waals surface area contributed by atoms with E-state index >= 15 is 0 Å². The first-order valence-electron chi connectivity index (χ1n) is 10.4. The van der Waals surface area contributed by atoms with Crippen LogP contribution in [0.2, 0.25) is 10.0 Å². The molecule has 35 heavy (non-hydrogen) atoms. The second-order valence-corrected chi connectivity index (χ2v) is 9.30. The van der Waals surface area contributed by atoms with Gasteiger partial charge >= 0.3 is 6.18 Å². The van der Waals surface area contributed by atoms with Gasteiger partial charge in [0.15, 0.2) is 5.60 Å². The van der Waals surface area contributed by atoms with Crippen molar-refractivity contribution in [3.63, 3.8) is 0 Å². The number of carbonyl (C=O) groups excluding carboxylic acids is 3. The second kappa shape index (κ2) is 9.16. The molecule has 1 fully saturated rings. The number of alkyl halides is 3. The molecule has 1 saturated heterocycles. The van der Waals surface area contributed by atoms with E-state index in [0.29, 0.717) is 27.7 Å². The Morgan fingerprint density at radius 2 is 1.63 bits per heavy atom. The standard InChI is InChI=1S/C23H18Cl2F3N3O4/c1-22(15-6-16(24)8-17(25)7-15)9-18(29-35-22)13-2-4-14(5-3-13)21(34)30-10-19(32)31(20(33)11-30)12-23(26,27)28/h2-8H,9-12H2,1H3. The summed E-state index contributed by atoms with van der Waals surface area (Å²) in [6.45, 7) is -1.07. The zero-order valence-electron chi connectivity index (χ0n) is 18.2. The highest BCUT2D eigenvalue weighted by atomic mass is 35.5. The number of imide groups is 1. The lowest BCUT2D eigenvalue weighted by Crippen LogP contribution is -2.57. The van der Waals surface area contributed by atoms with E-state index in [1.807, 2.05) is 6.92 Å². The van der Waals surface area contributed by atoms with Crippen molar-refractivity contribution in [2.24, 2.45) is 5.16 Å². The highest BCUT2D eigenvalue weighted by Crippen LogP contribution is 2.38. The van der Waals surface area contributed by atoms with Crippen LogP contribution in [0.1, 0.15) is 34.8 Å². The summed E-state index contributed by atoms with van der Waals surface area (Å²) in [5.41, 5.74) is 1.42. The predicted molar refractivity (Wildman–Crippen MR) is 121 cm³/mol. The second-order valence-electron chi connectivity index (χ2n) is 8.42. The van der Waals surface area contributed by atoms with E-state index in [-0.39, 0.29) is 10.5 Å². The number of rotatable bonds is 4. The Bertz CT molecular complexity index is 1200. The monoisotopic (exact) mass is 527 g/mol. The van der Waals surface area contributed by atoms with E-state index in [9.17, 15) is 27.6 Å². The molecule has 2 heterocycles. The van der Waals surface area contributed by atoms with Crippen LogP contribution in [0.4, 0.5) is 13.2 Å². The molecule has 0 radical (unpaired) electrons. The van der Waals surface area contributed by atoms with Gasteiger partial charge < -0.3 is 9.74 Å². The first-order chi connectivity index (χ1) is 16.3. The summed E-state index contributed by atoms with van der Waals surface area (Å²) in [7, 11) is 0. The lowest BCUT2D eigenvalue weighted by molar-refractivity contribution is -0.174. The molecular formula is C23H18Cl2F3N3O4. The number of hydrogen-bond donors (Lipinski definition) is 0. The molecule has 12 heteroatoms. The minimum atomic E-state index is -4.71. The van der Waals surface area contributed by atoms with Gasteiger partial charge in [-0.05, 0) is 42.8 Å². The number of nitrogens with zero attached hydrogens (tertiary/aromatic N) is 3. The third-order valence-electron chi connectivity index (χ3n) is 5.68. The Labute approximate surface area is 208 Å². The lowest BCUT2D eigenvalue weighted by atomic mass is 9.89. The van der Waals surface area contributed by atoms with E-state index in [1.165, 1.54) is 12.1 Å². The first kappa shape index (κ1) is 25.0. The molecule has 184 valence electrons. The molecule has 1 atom stereocenters. The van der Waals surface area contributed by atoms with Crippen LogP contribution in [0.5, 0.6) is 0 Å². The molecule has 0 bridgehead atoms. The van der Waals surface area contributed by atoms with Gasteiger partial charge in [-0.2, -0.15) is 13.2 Å². The summed E-state index contributed by atoms with van der Waals surface area (Å²) in [4.78, 5) is 43.6. The summed E-state index contributed by atoms with van der Waals surface area (Å²) in [5, 5.41) is 5.09. The van der Waals surface area contributed by atoms with Crippen molar-refractivity contribution in [3.8, 4) is 0 Å². The highest BCUT2D eigenvalue weighted by Gasteiger charge is 2.41. The van der Waals surface area contributed by atoms with Gasteiger partial charge in [0, 0.05) is 27.6 Å². The molecule has 3 amide bonds. The SMILES string of the molecule is CC1(c2cc(Cl)cc(Cl)c2)CC(c2ccc(C(=O)N3CC(=O)N(CC(F)(F)F)C(=O)C3)cc2)=NO1. The Morgan fingerprint density at radius 3 is 2.17 bits per heavy atom. The van der Waals surface area contributed by atoms with Gasteiger partial charge in [0.1, 0.15) is 19.6 Å². The zero-order chi connectivity index (χ0) is 25.5. The van der Waals surface area contributed by atoms with Gasteiger partial charge in [-0.25, -0.2) is 0 Å². The maximum atomic E-state index is 12.8. The molecule has 2 aliphatic rings. The van der Waals surface area contributed by atoms with Crippen molar-refractivity contribution in [3.05, 3.63) is 69.2 Å². The number of hydrogen-bond acceptors (Lipinski definition) is 5. The van der Waals surface area contributed by atoms with Gasteiger partial charge in [-0.3, -0.25) is 19.3 Å². The molecule has 4 rings (SSSR count). The van der Waals surface area contributed by atoms with E-state index < -0.39 is 49.1 Å².